The van der Waals surface area contributed by atoms with Gasteiger partial charge in [-0.2, -0.15) is 0 Å². The number of benzene rings is 1. The number of aromatic nitrogens is 2. The van der Waals surface area contributed by atoms with Crippen molar-refractivity contribution in [3.63, 3.8) is 0 Å². The number of ether oxygens (including phenoxy) is 1. The normalized spacial score (nSPS) is 12.4. The van der Waals surface area contributed by atoms with Crippen molar-refractivity contribution in [3.8, 4) is 0 Å². The number of likely N-dealkylation sites (N-methyl/N-ethyl adjacent to an activating group) is 1. The predicted octanol–water partition coefficient (Wildman–Crippen LogP) is 1.22. The van der Waals surface area contributed by atoms with Crippen LogP contribution in [-0.4, -0.2) is 41.5 Å². The number of carbonyl (C=O) groups is 2. The third-order valence-corrected chi connectivity index (χ3v) is 3.65. The van der Waals surface area contributed by atoms with E-state index in [9.17, 15) is 9.59 Å². The van der Waals surface area contributed by atoms with Crippen LogP contribution in [0.5, 0.6) is 0 Å². The van der Waals surface area contributed by atoms with Crippen molar-refractivity contribution >= 4 is 22.8 Å². The number of rotatable bonds is 5. The molecule has 0 aliphatic carbocycles. The average Bonchev–Trinajstić information content (AvgIpc) is 2.78. The van der Waals surface area contributed by atoms with E-state index in [2.05, 4.69) is 15.0 Å². The van der Waals surface area contributed by atoms with Crippen LogP contribution < -0.4 is 5.32 Å². The van der Waals surface area contributed by atoms with Crippen LogP contribution in [0.2, 0.25) is 0 Å². The fourth-order valence-electron chi connectivity index (χ4n) is 2.25. The molecular formula is C15H19N3O3. The standard InChI is InChI=1S/C15H19N3O3/c1-9-17-11-7-10(5-6-13(11)18(9)3)15(20)12(16-2)8-14(19)21-4/h5-7,12,16H,8H2,1-4H3. The highest BCUT2D eigenvalue weighted by Crippen LogP contribution is 2.18. The number of esters is 1. The van der Waals surface area contributed by atoms with E-state index in [0.717, 1.165) is 16.9 Å². The number of nitrogens with zero attached hydrogens (tertiary/aromatic N) is 2. The lowest BCUT2D eigenvalue weighted by molar-refractivity contribution is -0.140. The predicted molar refractivity (Wildman–Crippen MR) is 79.3 cm³/mol. The van der Waals surface area contributed by atoms with E-state index in [0.29, 0.717) is 5.56 Å². The molecule has 2 aromatic rings. The molecule has 0 aliphatic rings. The third kappa shape index (κ3) is 2.95. The van der Waals surface area contributed by atoms with Crippen LogP contribution >= 0.6 is 0 Å². The van der Waals surface area contributed by atoms with E-state index in [-0.39, 0.29) is 12.2 Å². The highest BCUT2D eigenvalue weighted by atomic mass is 16.5. The molecule has 21 heavy (non-hydrogen) atoms. The SMILES string of the molecule is CNC(CC(=O)OC)C(=O)c1ccc2c(c1)nc(C)n2C. The molecule has 0 saturated carbocycles. The number of hydrogen-bond acceptors (Lipinski definition) is 5. The van der Waals surface area contributed by atoms with E-state index in [1.165, 1.54) is 7.11 Å². The summed E-state index contributed by atoms with van der Waals surface area (Å²) in [7, 11) is 4.89. The summed E-state index contributed by atoms with van der Waals surface area (Å²) < 4.78 is 6.58. The van der Waals surface area contributed by atoms with Crippen LogP contribution in [0, 0.1) is 6.92 Å². The fraction of sp³-hybridized carbons (Fsp3) is 0.400. The van der Waals surface area contributed by atoms with E-state index in [4.69, 9.17) is 0 Å². The van der Waals surface area contributed by atoms with Gasteiger partial charge in [-0.1, -0.05) is 0 Å². The lowest BCUT2D eigenvalue weighted by atomic mass is 10.0. The van der Waals surface area contributed by atoms with Gasteiger partial charge in [0.25, 0.3) is 0 Å². The van der Waals surface area contributed by atoms with Crippen molar-refractivity contribution in [3.05, 3.63) is 29.6 Å². The number of fused-ring (bicyclic) bond motifs is 1. The second kappa shape index (κ2) is 6.05. The molecule has 1 aromatic heterocycles. The van der Waals surface area contributed by atoms with Crippen LogP contribution in [0.25, 0.3) is 11.0 Å². The molecule has 2 rings (SSSR count). The molecule has 1 aromatic carbocycles. The largest absolute Gasteiger partial charge is 0.469 e. The Morgan fingerprint density at radius 1 is 1.43 bits per heavy atom. The Labute approximate surface area is 123 Å². The first-order valence-electron chi connectivity index (χ1n) is 6.69. The van der Waals surface area contributed by atoms with Crippen molar-refractivity contribution in [2.24, 2.45) is 7.05 Å². The van der Waals surface area contributed by atoms with Crippen molar-refractivity contribution in [2.45, 2.75) is 19.4 Å². The summed E-state index contributed by atoms with van der Waals surface area (Å²) in [6.45, 7) is 1.91. The highest BCUT2D eigenvalue weighted by molar-refractivity contribution is 6.03. The number of carbonyl (C=O) groups excluding carboxylic acids is 2. The zero-order valence-corrected chi connectivity index (χ0v) is 12.6. The van der Waals surface area contributed by atoms with Crippen molar-refractivity contribution in [2.75, 3.05) is 14.2 Å². The Morgan fingerprint density at radius 3 is 2.76 bits per heavy atom. The summed E-state index contributed by atoms with van der Waals surface area (Å²) >= 11 is 0. The number of hydrogen-bond donors (Lipinski definition) is 1. The number of nitrogens with one attached hydrogen (secondary N) is 1. The minimum Gasteiger partial charge on any atom is -0.469 e. The lowest BCUT2D eigenvalue weighted by Gasteiger charge is -2.13. The van der Waals surface area contributed by atoms with Crippen LogP contribution in [0.3, 0.4) is 0 Å². The minimum atomic E-state index is -0.597. The van der Waals surface area contributed by atoms with Crippen LogP contribution in [0.1, 0.15) is 22.6 Å². The molecule has 0 aliphatic heterocycles. The average molecular weight is 289 g/mol. The topological polar surface area (TPSA) is 73.2 Å². The maximum absolute atomic E-state index is 12.5. The zero-order chi connectivity index (χ0) is 15.6. The molecule has 112 valence electrons. The summed E-state index contributed by atoms with van der Waals surface area (Å²) in [5.41, 5.74) is 2.27. The van der Waals surface area contributed by atoms with Gasteiger partial charge in [0.05, 0.1) is 30.6 Å². The van der Waals surface area contributed by atoms with Gasteiger partial charge < -0.3 is 14.6 Å². The zero-order valence-electron chi connectivity index (χ0n) is 12.6. The monoisotopic (exact) mass is 289 g/mol. The minimum absolute atomic E-state index is 0.00508. The van der Waals surface area contributed by atoms with Crippen molar-refractivity contribution in [1.82, 2.24) is 14.9 Å². The van der Waals surface area contributed by atoms with Gasteiger partial charge in [-0.3, -0.25) is 9.59 Å². The molecule has 0 saturated heterocycles. The molecule has 1 unspecified atom stereocenters. The summed E-state index contributed by atoms with van der Waals surface area (Å²) in [4.78, 5) is 28.2. The van der Waals surface area contributed by atoms with E-state index >= 15 is 0 Å². The van der Waals surface area contributed by atoms with Crippen molar-refractivity contribution in [1.29, 1.82) is 0 Å². The first kappa shape index (κ1) is 15.2. The number of imidazole rings is 1. The van der Waals surface area contributed by atoms with Gasteiger partial charge in [0.2, 0.25) is 0 Å². The Kier molecular flexibility index (Phi) is 4.37. The van der Waals surface area contributed by atoms with Gasteiger partial charge in [-0.25, -0.2) is 4.98 Å². The Hall–Kier alpha value is -2.21. The molecule has 0 bridgehead atoms. The maximum Gasteiger partial charge on any atom is 0.307 e. The smallest absolute Gasteiger partial charge is 0.307 e. The first-order valence-corrected chi connectivity index (χ1v) is 6.69. The van der Waals surface area contributed by atoms with Crippen molar-refractivity contribution < 1.29 is 14.3 Å². The number of ketones is 1. The van der Waals surface area contributed by atoms with Gasteiger partial charge in [-0.15, -0.1) is 0 Å². The van der Waals surface area contributed by atoms with E-state index in [1.807, 2.05) is 24.6 Å². The van der Waals surface area contributed by atoms with Gasteiger partial charge in [0, 0.05) is 12.6 Å². The van der Waals surface area contributed by atoms with Gasteiger partial charge in [0.1, 0.15) is 5.82 Å². The molecule has 0 spiro atoms. The summed E-state index contributed by atoms with van der Waals surface area (Å²) in [6, 6.07) is 4.78. The molecule has 0 radical (unpaired) electrons. The summed E-state index contributed by atoms with van der Waals surface area (Å²) in [6.07, 6.45) is 0.00508. The van der Waals surface area contributed by atoms with Gasteiger partial charge in [-0.05, 0) is 32.2 Å². The summed E-state index contributed by atoms with van der Waals surface area (Å²) in [5.74, 6) is 0.319. The first-order chi connectivity index (χ1) is 9.97. The fourth-order valence-corrected chi connectivity index (χ4v) is 2.25. The lowest BCUT2D eigenvalue weighted by Crippen LogP contribution is -2.36. The van der Waals surface area contributed by atoms with E-state index in [1.54, 1.807) is 19.2 Å². The molecule has 0 amide bonds. The number of Topliss-reactive ketones (excluding diaryl/α,β-unsaturated/α-hetero) is 1. The van der Waals surface area contributed by atoms with Gasteiger partial charge in [0.15, 0.2) is 5.78 Å². The maximum atomic E-state index is 12.5. The number of methoxy groups -OCH3 is 1. The van der Waals surface area contributed by atoms with Crippen LogP contribution in [0.4, 0.5) is 0 Å². The molecule has 1 atom stereocenters. The van der Waals surface area contributed by atoms with Crippen LogP contribution in [0.15, 0.2) is 18.2 Å². The molecule has 1 heterocycles. The summed E-state index contributed by atoms with van der Waals surface area (Å²) in [5, 5.41) is 2.85. The Balaban J connectivity index is 2.31. The second-order valence-corrected chi connectivity index (χ2v) is 4.91. The third-order valence-electron chi connectivity index (χ3n) is 3.65. The van der Waals surface area contributed by atoms with Crippen LogP contribution in [-0.2, 0) is 16.6 Å². The molecule has 1 N–H and O–H groups in total. The van der Waals surface area contributed by atoms with Gasteiger partial charge >= 0.3 is 5.97 Å². The molecule has 6 heteroatoms. The number of aryl methyl sites for hydroxylation is 2. The van der Waals surface area contributed by atoms with E-state index < -0.39 is 12.0 Å². The second-order valence-electron chi connectivity index (χ2n) is 4.91. The Bertz CT molecular complexity index is 691. The highest BCUT2D eigenvalue weighted by Gasteiger charge is 2.22. The molecule has 6 nitrogen and oxygen atoms in total. The Morgan fingerprint density at radius 2 is 2.14 bits per heavy atom. The molecule has 0 fully saturated rings. The molecular weight excluding hydrogens is 270 g/mol. The quantitative estimate of drug-likeness (QED) is 0.661.